The average Bonchev–Trinajstić information content (AvgIpc) is 2.82. The van der Waals surface area contributed by atoms with Crippen molar-refractivity contribution in [3.05, 3.63) is 24.4 Å². The molecule has 0 bridgehead atoms. The Balaban J connectivity index is 1.97. The number of anilines is 1. The molecule has 138 valence electrons. The summed E-state index contributed by atoms with van der Waals surface area (Å²) >= 11 is 0. The van der Waals surface area contributed by atoms with Crippen molar-refractivity contribution in [3.8, 4) is 0 Å². The SMILES string of the molecule is CN(C)C(=O)[C@@]12CCCN(S(C)(=O)=O)C[C@@H]1CN(c1ccccn1)C2. The van der Waals surface area contributed by atoms with E-state index in [2.05, 4.69) is 9.88 Å². The molecule has 1 aromatic heterocycles. The number of carbonyl (C=O) groups is 1. The van der Waals surface area contributed by atoms with Gasteiger partial charge in [0, 0.05) is 52.4 Å². The molecule has 8 heteroatoms. The van der Waals surface area contributed by atoms with Crippen molar-refractivity contribution < 1.29 is 13.2 Å². The van der Waals surface area contributed by atoms with E-state index >= 15 is 0 Å². The van der Waals surface area contributed by atoms with Gasteiger partial charge in [-0.05, 0) is 25.0 Å². The number of carbonyl (C=O) groups excluding carboxylic acids is 1. The lowest BCUT2D eigenvalue weighted by Gasteiger charge is -2.34. The Hall–Kier alpha value is -1.67. The molecule has 0 aliphatic carbocycles. The van der Waals surface area contributed by atoms with E-state index in [-0.39, 0.29) is 11.8 Å². The van der Waals surface area contributed by atoms with Gasteiger partial charge in [0.1, 0.15) is 5.82 Å². The molecule has 2 atom stereocenters. The standard InChI is InChI=1S/C17H26N4O3S/c1-19(2)16(22)17-8-6-10-21(25(3,23)24)12-14(17)11-20(13-17)15-7-4-5-9-18-15/h4-5,7,9,14H,6,8,10-13H2,1-3H3/t14-,17+/m0/s1. The number of sulfonamides is 1. The van der Waals surface area contributed by atoms with E-state index in [0.29, 0.717) is 39.0 Å². The van der Waals surface area contributed by atoms with Crippen LogP contribution in [0.4, 0.5) is 5.82 Å². The lowest BCUT2D eigenvalue weighted by atomic mass is 9.74. The normalized spacial score (nSPS) is 27.6. The number of fused-ring (bicyclic) bond motifs is 1. The third-order valence-corrected chi connectivity index (χ3v) is 6.69. The maximum atomic E-state index is 13.1. The molecule has 3 rings (SSSR count). The van der Waals surface area contributed by atoms with Crippen LogP contribution in [-0.4, -0.2) is 75.0 Å². The van der Waals surface area contributed by atoms with Gasteiger partial charge in [-0.1, -0.05) is 6.07 Å². The molecule has 1 aromatic rings. The highest BCUT2D eigenvalue weighted by Crippen LogP contribution is 2.45. The minimum atomic E-state index is -3.27. The maximum Gasteiger partial charge on any atom is 0.230 e. The van der Waals surface area contributed by atoms with Crippen LogP contribution in [0.1, 0.15) is 12.8 Å². The number of nitrogens with zero attached hydrogens (tertiary/aromatic N) is 4. The summed E-state index contributed by atoms with van der Waals surface area (Å²) in [5, 5.41) is 0. The van der Waals surface area contributed by atoms with E-state index in [1.807, 2.05) is 18.2 Å². The Kier molecular flexibility index (Phi) is 4.76. The first-order valence-corrected chi connectivity index (χ1v) is 10.4. The van der Waals surface area contributed by atoms with Crippen LogP contribution in [0.25, 0.3) is 0 Å². The first-order chi connectivity index (χ1) is 11.7. The average molecular weight is 366 g/mol. The van der Waals surface area contributed by atoms with Crippen LogP contribution in [0.5, 0.6) is 0 Å². The topological polar surface area (TPSA) is 73.8 Å². The summed E-state index contributed by atoms with van der Waals surface area (Å²) in [6, 6.07) is 5.73. The third-order valence-electron chi connectivity index (χ3n) is 5.42. The predicted octanol–water partition coefficient (Wildman–Crippen LogP) is 0.648. The van der Waals surface area contributed by atoms with Crippen LogP contribution in [0.2, 0.25) is 0 Å². The number of aromatic nitrogens is 1. The zero-order valence-electron chi connectivity index (χ0n) is 15.1. The molecule has 2 aliphatic rings. The number of pyridine rings is 1. The summed E-state index contributed by atoms with van der Waals surface area (Å²) in [7, 11) is 0.281. The number of hydrogen-bond acceptors (Lipinski definition) is 5. The van der Waals surface area contributed by atoms with Crippen molar-refractivity contribution in [2.75, 3.05) is 51.4 Å². The number of amides is 1. The van der Waals surface area contributed by atoms with Crippen LogP contribution in [0.3, 0.4) is 0 Å². The Morgan fingerprint density at radius 2 is 2.08 bits per heavy atom. The number of rotatable bonds is 3. The molecule has 0 radical (unpaired) electrons. The lowest BCUT2D eigenvalue weighted by molar-refractivity contribution is -0.141. The van der Waals surface area contributed by atoms with Gasteiger partial charge in [-0.3, -0.25) is 4.79 Å². The van der Waals surface area contributed by atoms with Crippen LogP contribution in [0.15, 0.2) is 24.4 Å². The van der Waals surface area contributed by atoms with Gasteiger partial charge in [0.05, 0.1) is 11.7 Å². The second-order valence-electron chi connectivity index (χ2n) is 7.35. The molecular formula is C17H26N4O3S. The van der Waals surface area contributed by atoms with E-state index in [4.69, 9.17) is 0 Å². The first kappa shape index (κ1) is 18.1. The molecule has 0 aromatic carbocycles. The van der Waals surface area contributed by atoms with Crippen molar-refractivity contribution in [1.29, 1.82) is 0 Å². The molecule has 0 N–H and O–H groups in total. The van der Waals surface area contributed by atoms with E-state index in [1.165, 1.54) is 10.6 Å². The maximum absolute atomic E-state index is 13.1. The van der Waals surface area contributed by atoms with Crippen molar-refractivity contribution in [1.82, 2.24) is 14.2 Å². The minimum absolute atomic E-state index is 0.0402. The Labute approximate surface area is 149 Å². The Morgan fingerprint density at radius 3 is 2.68 bits per heavy atom. The molecule has 0 spiro atoms. The molecule has 2 saturated heterocycles. The second-order valence-corrected chi connectivity index (χ2v) is 9.33. The van der Waals surface area contributed by atoms with Crippen molar-refractivity contribution >= 4 is 21.7 Å². The van der Waals surface area contributed by atoms with Crippen LogP contribution in [-0.2, 0) is 14.8 Å². The summed E-state index contributed by atoms with van der Waals surface area (Å²) < 4.78 is 25.7. The molecule has 2 aliphatic heterocycles. The van der Waals surface area contributed by atoms with Crippen LogP contribution >= 0.6 is 0 Å². The highest BCUT2D eigenvalue weighted by atomic mass is 32.2. The fourth-order valence-electron chi connectivity index (χ4n) is 4.21. The molecule has 0 unspecified atom stereocenters. The van der Waals surface area contributed by atoms with Gasteiger partial charge in [0.25, 0.3) is 0 Å². The molecule has 1 amide bonds. The van der Waals surface area contributed by atoms with E-state index in [0.717, 1.165) is 5.82 Å². The van der Waals surface area contributed by atoms with Gasteiger partial charge in [0.2, 0.25) is 15.9 Å². The van der Waals surface area contributed by atoms with E-state index < -0.39 is 15.4 Å². The molecule has 25 heavy (non-hydrogen) atoms. The van der Waals surface area contributed by atoms with Crippen molar-refractivity contribution in [2.45, 2.75) is 12.8 Å². The van der Waals surface area contributed by atoms with E-state index in [1.54, 1.807) is 25.2 Å². The van der Waals surface area contributed by atoms with Crippen molar-refractivity contribution in [3.63, 3.8) is 0 Å². The summed E-state index contributed by atoms with van der Waals surface area (Å²) in [6.45, 7) is 2.11. The fraction of sp³-hybridized carbons (Fsp3) is 0.647. The Morgan fingerprint density at radius 1 is 1.32 bits per heavy atom. The van der Waals surface area contributed by atoms with Gasteiger partial charge < -0.3 is 9.80 Å². The van der Waals surface area contributed by atoms with E-state index in [9.17, 15) is 13.2 Å². The summed E-state index contributed by atoms with van der Waals surface area (Å²) in [5.41, 5.74) is -0.555. The molecule has 3 heterocycles. The van der Waals surface area contributed by atoms with Crippen LogP contribution < -0.4 is 4.90 Å². The van der Waals surface area contributed by atoms with Gasteiger partial charge in [-0.25, -0.2) is 17.7 Å². The zero-order chi connectivity index (χ0) is 18.2. The van der Waals surface area contributed by atoms with Gasteiger partial charge in [-0.2, -0.15) is 0 Å². The molecule has 0 saturated carbocycles. The highest BCUT2D eigenvalue weighted by Gasteiger charge is 2.54. The minimum Gasteiger partial charge on any atom is -0.355 e. The monoisotopic (exact) mass is 366 g/mol. The molecular weight excluding hydrogens is 340 g/mol. The third kappa shape index (κ3) is 3.37. The van der Waals surface area contributed by atoms with Gasteiger partial charge >= 0.3 is 0 Å². The van der Waals surface area contributed by atoms with Crippen molar-refractivity contribution in [2.24, 2.45) is 11.3 Å². The molecule has 7 nitrogen and oxygen atoms in total. The van der Waals surface area contributed by atoms with Crippen LogP contribution in [0, 0.1) is 11.3 Å². The second kappa shape index (κ2) is 6.57. The summed E-state index contributed by atoms with van der Waals surface area (Å²) in [6.07, 6.45) is 4.38. The predicted molar refractivity (Wildman–Crippen MR) is 96.7 cm³/mol. The number of hydrogen-bond donors (Lipinski definition) is 0. The highest BCUT2D eigenvalue weighted by molar-refractivity contribution is 7.88. The smallest absolute Gasteiger partial charge is 0.230 e. The first-order valence-electron chi connectivity index (χ1n) is 8.57. The zero-order valence-corrected chi connectivity index (χ0v) is 15.9. The summed E-state index contributed by atoms with van der Waals surface area (Å²) in [5.74, 6) is 0.889. The summed E-state index contributed by atoms with van der Waals surface area (Å²) in [4.78, 5) is 21.3. The van der Waals surface area contributed by atoms with Gasteiger partial charge in [0.15, 0.2) is 0 Å². The lowest BCUT2D eigenvalue weighted by Crippen LogP contribution is -2.47. The fourth-order valence-corrected chi connectivity index (χ4v) is 5.12. The quantitative estimate of drug-likeness (QED) is 0.785. The largest absolute Gasteiger partial charge is 0.355 e. The molecule has 2 fully saturated rings. The van der Waals surface area contributed by atoms with Gasteiger partial charge in [-0.15, -0.1) is 0 Å². The Bertz CT molecular complexity index is 738.